The Morgan fingerprint density at radius 3 is 2.81 bits per heavy atom. The molecular formula is C12H14N8O. The first-order chi connectivity index (χ1) is 10.1. The normalized spacial score (nSPS) is 10.8. The van der Waals surface area contributed by atoms with Crippen LogP contribution in [0, 0.1) is 6.92 Å². The third kappa shape index (κ3) is 2.81. The van der Waals surface area contributed by atoms with Crippen molar-refractivity contribution in [2.75, 3.05) is 17.7 Å². The first-order valence-corrected chi connectivity index (χ1v) is 6.25. The van der Waals surface area contributed by atoms with Gasteiger partial charge in [-0.25, -0.2) is 4.98 Å². The van der Waals surface area contributed by atoms with Gasteiger partial charge in [0.25, 0.3) is 5.95 Å². The van der Waals surface area contributed by atoms with Crippen LogP contribution >= 0.6 is 0 Å². The molecule has 0 spiro atoms. The van der Waals surface area contributed by atoms with E-state index >= 15 is 0 Å². The fraction of sp³-hybridized carbons (Fsp3) is 0.250. The van der Waals surface area contributed by atoms with Crippen LogP contribution in [0.25, 0.3) is 5.95 Å². The highest BCUT2D eigenvalue weighted by Gasteiger charge is 2.12. The molecule has 0 radical (unpaired) electrons. The van der Waals surface area contributed by atoms with Gasteiger partial charge in [-0.05, 0) is 19.1 Å². The minimum Gasteiger partial charge on any atom is -0.464 e. The van der Waals surface area contributed by atoms with E-state index in [9.17, 15) is 0 Å². The SMILES string of the molecule is Cc1ccc(CN(C)c2nc(N)nc(-n3cncn3)n2)o1. The maximum atomic E-state index is 5.73. The van der Waals surface area contributed by atoms with Crippen molar-refractivity contribution < 1.29 is 4.42 Å². The van der Waals surface area contributed by atoms with Gasteiger partial charge in [0.15, 0.2) is 0 Å². The van der Waals surface area contributed by atoms with Crippen molar-refractivity contribution >= 4 is 11.9 Å². The van der Waals surface area contributed by atoms with E-state index < -0.39 is 0 Å². The van der Waals surface area contributed by atoms with Gasteiger partial charge in [0.05, 0.1) is 6.54 Å². The smallest absolute Gasteiger partial charge is 0.258 e. The van der Waals surface area contributed by atoms with Crippen molar-refractivity contribution in [2.24, 2.45) is 0 Å². The van der Waals surface area contributed by atoms with Gasteiger partial charge in [-0.1, -0.05) is 0 Å². The molecule has 9 nitrogen and oxygen atoms in total. The zero-order chi connectivity index (χ0) is 14.8. The number of nitrogen functional groups attached to an aromatic ring is 1. The molecule has 9 heteroatoms. The zero-order valence-corrected chi connectivity index (χ0v) is 11.6. The van der Waals surface area contributed by atoms with E-state index in [-0.39, 0.29) is 5.95 Å². The molecule has 2 N–H and O–H groups in total. The standard InChI is InChI=1S/C12H14N8O/c1-8-3-4-9(21-8)5-19(2)11-16-10(13)17-12(18-11)20-7-14-6-15-20/h3-4,6-7H,5H2,1-2H3,(H2,13,16,17,18). The number of aromatic nitrogens is 6. The fourth-order valence-corrected chi connectivity index (χ4v) is 1.83. The summed E-state index contributed by atoms with van der Waals surface area (Å²) in [6, 6.07) is 3.82. The molecule has 108 valence electrons. The molecule has 0 aliphatic rings. The van der Waals surface area contributed by atoms with Gasteiger partial charge in [0.1, 0.15) is 24.2 Å². The van der Waals surface area contributed by atoms with E-state index in [1.807, 2.05) is 31.0 Å². The molecular weight excluding hydrogens is 272 g/mol. The van der Waals surface area contributed by atoms with Gasteiger partial charge in [-0.2, -0.15) is 24.7 Å². The highest BCUT2D eigenvalue weighted by molar-refractivity contribution is 5.37. The average molecular weight is 286 g/mol. The Hall–Kier alpha value is -2.97. The highest BCUT2D eigenvalue weighted by atomic mass is 16.3. The van der Waals surface area contributed by atoms with Gasteiger partial charge in [-0.15, -0.1) is 0 Å². The van der Waals surface area contributed by atoms with Crippen molar-refractivity contribution in [1.29, 1.82) is 0 Å². The molecule has 0 aromatic carbocycles. The van der Waals surface area contributed by atoms with Crippen LogP contribution in [0.1, 0.15) is 11.5 Å². The number of hydrogen-bond donors (Lipinski definition) is 1. The van der Waals surface area contributed by atoms with Gasteiger partial charge in [-0.3, -0.25) is 0 Å². The van der Waals surface area contributed by atoms with Crippen molar-refractivity contribution in [3.05, 3.63) is 36.3 Å². The van der Waals surface area contributed by atoms with Crippen molar-refractivity contribution in [2.45, 2.75) is 13.5 Å². The monoisotopic (exact) mass is 286 g/mol. The van der Waals surface area contributed by atoms with Crippen LogP contribution in [-0.4, -0.2) is 36.8 Å². The molecule has 21 heavy (non-hydrogen) atoms. The van der Waals surface area contributed by atoms with Gasteiger partial charge < -0.3 is 15.1 Å². The molecule has 3 aromatic rings. The first kappa shape index (κ1) is 13.0. The Morgan fingerprint density at radius 2 is 2.14 bits per heavy atom. The lowest BCUT2D eigenvalue weighted by Crippen LogP contribution is -2.21. The third-order valence-electron chi connectivity index (χ3n) is 2.78. The predicted octanol–water partition coefficient (Wildman–Crippen LogP) is 0.572. The number of hydrogen-bond acceptors (Lipinski definition) is 8. The molecule has 0 amide bonds. The Morgan fingerprint density at radius 1 is 1.29 bits per heavy atom. The van der Waals surface area contributed by atoms with E-state index in [0.717, 1.165) is 11.5 Å². The number of rotatable bonds is 4. The molecule has 0 unspecified atom stereocenters. The minimum absolute atomic E-state index is 0.118. The second-order valence-corrected chi connectivity index (χ2v) is 4.50. The number of nitrogens with two attached hydrogens (primary N) is 1. The predicted molar refractivity (Wildman–Crippen MR) is 74.7 cm³/mol. The lowest BCUT2D eigenvalue weighted by Gasteiger charge is -2.16. The van der Waals surface area contributed by atoms with Gasteiger partial charge in [0, 0.05) is 7.05 Å². The van der Waals surface area contributed by atoms with Crippen LogP contribution in [0.2, 0.25) is 0 Å². The summed E-state index contributed by atoms with van der Waals surface area (Å²) >= 11 is 0. The average Bonchev–Trinajstić information content (AvgIpc) is 3.10. The first-order valence-electron chi connectivity index (χ1n) is 6.25. The fourth-order valence-electron chi connectivity index (χ4n) is 1.83. The van der Waals surface area contributed by atoms with E-state index in [1.165, 1.54) is 17.3 Å². The Labute approximate surface area is 120 Å². The summed E-state index contributed by atoms with van der Waals surface area (Å²) in [6.45, 7) is 2.42. The summed E-state index contributed by atoms with van der Waals surface area (Å²) in [5.41, 5.74) is 5.73. The van der Waals surface area contributed by atoms with Crippen molar-refractivity contribution in [3.63, 3.8) is 0 Å². The number of anilines is 2. The van der Waals surface area contributed by atoms with E-state index in [4.69, 9.17) is 10.2 Å². The van der Waals surface area contributed by atoms with Crippen LogP contribution in [0.4, 0.5) is 11.9 Å². The Balaban J connectivity index is 1.87. The molecule has 0 fully saturated rings. The molecule has 0 aliphatic carbocycles. The number of aryl methyl sites for hydroxylation is 1. The van der Waals surface area contributed by atoms with Crippen LogP contribution < -0.4 is 10.6 Å². The number of nitrogens with zero attached hydrogens (tertiary/aromatic N) is 7. The quantitative estimate of drug-likeness (QED) is 0.741. The molecule has 0 bridgehead atoms. The van der Waals surface area contributed by atoms with Gasteiger partial charge >= 0.3 is 0 Å². The second kappa shape index (κ2) is 5.19. The van der Waals surface area contributed by atoms with E-state index in [1.54, 1.807) is 0 Å². The van der Waals surface area contributed by atoms with Crippen LogP contribution in [0.5, 0.6) is 0 Å². The van der Waals surface area contributed by atoms with Crippen LogP contribution in [-0.2, 0) is 6.54 Å². The Kier molecular flexibility index (Phi) is 3.22. The lowest BCUT2D eigenvalue weighted by molar-refractivity contribution is 0.480. The van der Waals surface area contributed by atoms with Crippen molar-refractivity contribution in [1.82, 2.24) is 29.7 Å². The van der Waals surface area contributed by atoms with Crippen LogP contribution in [0.15, 0.2) is 29.2 Å². The third-order valence-corrected chi connectivity index (χ3v) is 2.78. The molecule has 0 saturated carbocycles. The maximum absolute atomic E-state index is 5.73. The summed E-state index contributed by atoms with van der Waals surface area (Å²) in [5.74, 6) is 2.54. The zero-order valence-electron chi connectivity index (χ0n) is 11.6. The van der Waals surface area contributed by atoms with Crippen molar-refractivity contribution in [3.8, 4) is 5.95 Å². The molecule has 0 atom stereocenters. The topological polar surface area (TPSA) is 112 Å². The highest BCUT2D eigenvalue weighted by Crippen LogP contribution is 2.14. The number of furan rings is 1. The summed E-state index contributed by atoms with van der Waals surface area (Å²) in [5, 5.41) is 3.98. The maximum Gasteiger partial charge on any atom is 0.258 e. The molecule has 3 aromatic heterocycles. The molecule has 0 saturated heterocycles. The summed E-state index contributed by atoms with van der Waals surface area (Å²) in [7, 11) is 1.84. The molecule has 0 aliphatic heterocycles. The van der Waals surface area contributed by atoms with Crippen LogP contribution in [0.3, 0.4) is 0 Å². The summed E-state index contributed by atoms with van der Waals surface area (Å²) in [4.78, 5) is 18.2. The molecule has 3 rings (SSSR count). The lowest BCUT2D eigenvalue weighted by atomic mass is 10.4. The minimum atomic E-state index is 0.118. The molecule has 3 heterocycles. The van der Waals surface area contributed by atoms with Gasteiger partial charge in [0.2, 0.25) is 11.9 Å². The largest absolute Gasteiger partial charge is 0.464 e. The Bertz CT molecular complexity index is 736. The summed E-state index contributed by atoms with van der Waals surface area (Å²) in [6.07, 6.45) is 2.89. The summed E-state index contributed by atoms with van der Waals surface area (Å²) < 4.78 is 6.96. The van der Waals surface area contributed by atoms with E-state index in [0.29, 0.717) is 18.4 Å². The second-order valence-electron chi connectivity index (χ2n) is 4.50. The van der Waals surface area contributed by atoms with E-state index in [2.05, 4.69) is 25.0 Å².